The van der Waals surface area contributed by atoms with Gasteiger partial charge >= 0.3 is 6.18 Å². The third kappa shape index (κ3) is 3.55. The fourth-order valence-corrected chi connectivity index (χ4v) is 3.37. The number of allylic oxidation sites excluding steroid dienone is 1. The lowest BCUT2D eigenvalue weighted by atomic mass is 10.1. The van der Waals surface area contributed by atoms with E-state index >= 15 is 0 Å². The van der Waals surface area contributed by atoms with E-state index in [-0.39, 0.29) is 27.7 Å². The quantitative estimate of drug-likeness (QED) is 0.445. The molecule has 0 atom stereocenters. The van der Waals surface area contributed by atoms with E-state index in [2.05, 4.69) is 4.98 Å². The number of aromatic nitrogens is 2. The topological polar surface area (TPSA) is 62.1 Å². The molecule has 3 aromatic rings. The Balaban J connectivity index is 2.01. The summed E-state index contributed by atoms with van der Waals surface area (Å²) >= 11 is 1.07. The number of carbonyl (C=O) groups is 1. The summed E-state index contributed by atoms with van der Waals surface area (Å²) in [4.78, 5) is 16.4. The van der Waals surface area contributed by atoms with Gasteiger partial charge in [-0.25, -0.2) is 4.98 Å². The Morgan fingerprint density at radius 3 is 2.32 bits per heavy atom. The minimum Gasteiger partial charge on any atom is -0.493 e. The fraction of sp³-hybridized carbons (Fsp3) is 0.222. The molecule has 28 heavy (non-hydrogen) atoms. The highest BCUT2D eigenvalue weighted by Crippen LogP contribution is 2.38. The van der Waals surface area contributed by atoms with Gasteiger partial charge in [-0.2, -0.15) is 13.2 Å². The van der Waals surface area contributed by atoms with Gasteiger partial charge in [-0.15, -0.1) is 11.3 Å². The second-order valence-electron chi connectivity index (χ2n) is 5.51. The van der Waals surface area contributed by atoms with Crippen LogP contribution in [0.25, 0.3) is 11.0 Å². The van der Waals surface area contributed by atoms with E-state index in [1.807, 2.05) is 0 Å². The maximum Gasteiger partial charge on any atom is 0.435 e. The van der Waals surface area contributed by atoms with Crippen LogP contribution in [0.4, 0.5) is 13.2 Å². The number of alkyl halides is 3. The Kier molecular flexibility index (Phi) is 5.32. The SMILES string of the molecule is COc1cc(C(=O)C=Cc2c(C(F)(F)F)nc3sccn23)cc(OC)c1OC. The van der Waals surface area contributed by atoms with Crippen molar-refractivity contribution in [3.63, 3.8) is 0 Å². The molecule has 0 radical (unpaired) electrons. The molecule has 10 heteroatoms. The minimum absolute atomic E-state index is 0.172. The van der Waals surface area contributed by atoms with Crippen molar-refractivity contribution in [2.24, 2.45) is 0 Å². The van der Waals surface area contributed by atoms with Gasteiger partial charge in [0.15, 0.2) is 27.9 Å². The zero-order valence-corrected chi connectivity index (χ0v) is 15.9. The molecule has 0 spiro atoms. The van der Waals surface area contributed by atoms with E-state index in [4.69, 9.17) is 14.2 Å². The number of ether oxygens (including phenoxy) is 3. The first-order chi connectivity index (χ1) is 13.3. The number of hydrogen-bond donors (Lipinski definition) is 0. The van der Waals surface area contributed by atoms with Gasteiger partial charge in [0.25, 0.3) is 0 Å². The summed E-state index contributed by atoms with van der Waals surface area (Å²) in [6.07, 6.45) is -1.02. The molecule has 0 saturated heterocycles. The van der Waals surface area contributed by atoms with Crippen molar-refractivity contribution < 1.29 is 32.2 Å². The van der Waals surface area contributed by atoms with Gasteiger partial charge in [0, 0.05) is 17.1 Å². The minimum atomic E-state index is -4.64. The maximum absolute atomic E-state index is 13.3. The normalized spacial score (nSPS) is 11.9. The van der Waals surface area contributed by atoms with Gasteiger partial charge in [0.2, 0.25) is 5.75 Å². The fourth-order valence-electron chi connectivity index (χ4n) is 2.65. The van der Waals surface area contributed by atoms with Crippen LogP contribution in [0.2, 0.25) is 0 Å². The lowest BCUT2D eigenvalue weighted by Gasteiger charge is -2.13. The third-order valence-corrected chi connectivity index (χ3v) is 4.67. The molecule has 0 saturated carbocycles. The average molecular weight is 412 g/mol. The average Bonchev–Trinajstić information content (AvgIpc) is 3.26. The van der Waals surface area contributed by atoms with Crippen molar-refractivity contribution in [1.82, 2.24) is 9.38 Å². The van der Waals surface area contributed by atoms with Gasteiger partial charge in [-0.3, -0.25) is 9.20 Å². The molecule has 0 N–H and O–H groups in total. The van der Waals surface area contributed by atoms with Crippen LogP contribution in [0.1, 0.15) is 21.7 Å². The number of methoxy groups -OCH3 is 3. The summed E-state index contributed by atoms with van der Waals surface area (Å²) < 4.78 is 56.6. The van der Waals surface area contributed by atoms with Gasteiger partial charge in [-0.1, -0.05) is 0 Å². The van der Waals surface area contributed by atoms with E-state index in [1.54, 1.807) is 5.38 Å². The Labute approximate surface area is 161 Å². The molecular weight excluding hydrogens is 397 g/mol. The smallest absolute Gasteiger partial charge is 0.435 e. The number of rotatable bonds is 6. The number of imidazole rings is 1. The lowest BCUT2D eigenvalue weighted by Crippen LogP contribution is -2.08. The Hall–Kier alpha value is -3.01. The van der Waals surface area contributed by atoms with Crippen molar-refractivity contribution >= 4 is 28.2 Å². The van der Waals surface area contributed by atoms with E-state index in [0.29, 0.717) is 5.75 Å². The first-order valence-electron chi connectivity index (χ1n) is 7.85. The van der Waals surface area contributed by atoms with Gasteiger partial charge < -0.3 is 14.2 Å². The van der Waals surface area contributed by atoms with Crippen LogP contribution in [-0.4, -0.2) is 36.5 Å². The molecule has 3 rings (SSSR count). The number of ketones is 1. The zero-order valence-electron chi connectivity index (χ0n) is 15.0. The molecule has 0 unspecified atom stereocenters. The molecule has 148 valence electrons. The van der Waals surface area contributed by atoms with Crippen LogP contribution < -0.4 is 14.2 Å². The van der Waals surface area contributed by atoms with Crippen molar-refractivity contribution in [2.45, 2.75) is 6.18 Å². The van der Waals surface area contributed by atoms with Crippen molar-refractivity contribution in [1.29, 1.82) is 0 Å². The molecular formula is C18H15F3N2O4S. The molecule has 2 heterocycles. The zero-order chi connectivity index (χ0) is 20.5. The number of nitrogens with zero attached hydrogens (tertiary/aromatic N) is 2. The van der Waals surface area contributed by atoms with Gasteiger partial charge in [0.1, 0.15) is 0 Å². The molecule has 6 nitrogen and oxygen atoms in total. The molecule has 0 fully saturated rings. The first kappa shape index (κ1) is 19.7. The molecule has 0 aliphatic heterocycles. The Morgan fingerprint density at radius 1 is 1.14 bits per heavy atom. The maximum atomic E-state index is 13.3. The number of hydrogen-bond acceptors (Lipinski definition) is 6. The molecule has 0 aliphatic carbocycles. The number of thiazole rings is 1. The van der Waals surface area contributed by atoms with Crippen molar-refractivity contribution in [3.05, 3.63) is 46.7 Å². The summed E-state index contributed by atoms with van der Waals surface area (Å²) in [6, 6.07) is 2.85. The van der Waals surface area contributed by atoms with Crippen LogP contribution in [-0.2, 0) is 6.18 Å². The lowest BCUT2D eigenvalue weighted by molar-refractivity contribution is -0.140. The number of benzene rings is 1. The highest BCUT2D eigenvalue weighted by molar-refractivity contribution is 7.15. The van der Waals surface area contributed by atoms with Crippen molar-refractivity contribution in [3.8, 4) is 17.2 Å². The summed E-state index contributed by atoms with van der Waals surface area (Å²) in [6.45, 7) is 0. The predicted molar refractivity (Wildman–Crippen MR) is 97.5 cm³/mol. The van der Waals surface area contributed by atoms with Crippen molar-refractivity contribution in [2.75, 3.05) is 21.3 Å². The number of fused-ring (bicyclic) bond motifs is 1. The van der Waals surface area contributed by atoms with E-state index in [9.17, 15) is 18.0 Å². The van der Waals surface area contributed by atoms with Crippen LogP contribution >= 0.6 is 11.3 Å². The molecule has 0 amide bonds. The summed E-state index contributed by atoms with van der Waals surface area (Å²) in [7, 11) is 4.22. The number of carbonyl (C=O) groups excluding carboxylic acids is 1. The summed E-state index contributed by atoms with van der Waals surface area (Å²) in [5, 5.41) is 1.61. The molecule has 2 aromatic heterocycles. The van der Waals surface area contributed by atoms with Gasteiger partial charge in [-0.05, 0) is 24.3 Å². The monoisotopic (exact) mass is 412 g/mol. The van der Waals surface area contributed by atoms with E-state index < -0.39 is 17.7 Å². The van der Waals surface area contributed by atoms with E-state index in [1.165, 1.54) is 44.1 Å². The predicted octanol–water partition coefficient (Wildman–Crippen LogP) is 4.34. The standard InChI is InChI=1S/C18H15F3N2O4S/c1-25-13-8-10(9-14(26-2)15(13)27-3)12(24)5-4-11-16(18(19,20)21)22-17-23(11)6-7-28-17/h4-9H,1-3H3. The van der Waals surface area contributed by atoms with E-state index in [0.717, 1.165) is 23.5 Å². The largest absolute Gasteiger partial charge is 0.493 e. The second-order valence-corrected chi connectivity index (χ2v) is 6.38. The summed E-state index contributed by atoms with van der Waals surface area (Å²) in [5.74, 6) is 0.302. The van der Waals surface area contributed by atoms with Crippen LogP contribution in [0.5, 0.6) is 17.2 Å². The molecule has 0 bridgehead atoms. The number of halogens is 3. The van der Waals surface area contributed by atoms with Crippen LogP contribution in [0.3, 0.4) is 0 Å². The Bertz CT molecular complexity index is 1030. The second kappa shape index (κ2) is 7.55. The highest BCUT2D eigenvalue weighted by Gasteiger charge is 2.37. The van der Waals surface area contributed by atoms with Crippen LogP contribution in [0.15, 0.2) is 29.8 Å². The Morgan fingerprint density at radius 2 is 1.79 bits per heavy atom. The van der Waals surface area contributed by atoms with Crippen LogP contribution in [0, 0.1) is 0 Å². The van der Waals surface area contributed by atoms with Gasteiger partial charge in [0.05, 0.1) is 27.0 Å². The molecule has 1 aromatic carbocycles. The highest BCUT2D eigenvalue weighted by atomic mass is 32.1. The molecule has 0 aliphatic rings. The third-order valence-electron chi connectivity index (χ3n) is 3.91. The first-order valence-corrected chi connectivity index (χ1v) is 8.73. The summed E-state index contributed by atoms with van der Waals surface area (Å²) in [5.41, 5.74) is -1.09.